The van der Waals surface area contributed by atoms with E-state index in [1.54, 1.807) is 6.07 Å². The molecule has 0 atom stereocenters. The van der Waals surface area contributed by atoms with Crippen LogP contribution in [0.5, 0.6) is 11.5 Å². The fourth-order valence-electron chi connectivity index (χ4n) is 1.63. The molecule has 6 heteroatoms. The minimum atomic E-state index is -0.997. The number of terminal acetylenes is 1. The zero-order chi connectivity index (χ0) is 14.4. The molecule has 0 amide bonds. The Morgan fingerprint density at radius 2 is 2.26 bits per heavy atom. The Bertz CT molecular complexity index is 510. The highest BCUT2D eigenvalue weighted by Crippen LogP contribution is 2.34. The van der Waals surface area contributed by atoms with Crippen LogP contribution in [0.1, 0.15) is 5.56 Å². The number of carboxylic acid groups (broad SMARTS) is 1. The molecule has 19 heavy (non-hydrogen) atoms. The van der Waals surface area contributed by atoms with Crippen molar-refractivity contribution in [3.8, 4) is 23.8 Å². The lowest BCUT2D eigenvalue weighted by Gasteiger charge is -2.19. The number of phenolic OH excluding ortho intramolecular Hbond substituents is 1. The standard InChI is InChI=1S/C13H14ClNO4/c1-3-4-15(8-12(16)17)7-9-5-10(14)6-11(19-2)13(9)18/h1,5-6,18H,4,7-8H2,2H3,(H,16,17). The second kappa shape index (κ2) is 6.88. The largest absolute Gasteiger partial charge is 0.504 e. The molecule has 102 valence electrons. The van der Waals surface area contributed by atoms with Gasteiger partial charge in [0.05, 0.1) is 20.2 Å². The van der Waals surface area contributed by atoms with Crippen LogP contribution in [0.15, 0.2) is 12.1 Å². The number of ether oxygens (including phenoxy) is 1. The Balaban J connectivity index is 2.99. The van der Waals surface area contributed by atoms with Crippen molar-refractivity contribution in [1.29, 1.82) is 0 Å². The van der Waals surface area contributed by atoms with Crippen LogP contribution in [0.4, 0.5) is 0 Å². The third-order valence-electron chi connectivity index (χ3n) is 2.41. The molecular formula is C13H14ClNO4. The number of hydrogen-bond acceptors (Lipinski definition) is 4. The van der Waals surface area contributed by atoms with E-state index < -0.39 is 5.97 Å². The maximum atomic E-state index is 10.7. The van der Waals surface area contributed by atoms with E-state index in [-0.39, 0.29) is 31.1 Å². The lowest BCUT2D eigenvalue weighted by molar-refractivity contribution is -0.138. The van der Waals surface area contributed by atoms with Gasteiger partial charge >= 0.3 is 5.97 Å². The molecule has 0 heterocycles. The van der Waals surface area contributed by atoms with Crippen molar-refractivity contribution in [2.24, 2.45) is 0 Å². The number of benzene rings is 1. The number of methoxy groups -OCH3 is 1. The number of carboxylic acids is 1. The van der Waals surface area contributed by atoms with Crippen molar-refractivity contribution >= 4 is 17.6 Å². The summed E-state index contributed by atoms with van der Waals surface area (Å²) in [6.07, 6.45) is 5.18. The fraction of sp³-hybridized carbons (Fsp3) is 0.308. The third-order valence-corrected chi connectivity index (χ3v) is 2.62. The molecule has 1 rings (SSSR count). The van der Waals surface area contributed by atoms with Gasteiger partial charge in [-0.2, -0.15) is 0 Å². The number of hydrogen-bond donors (Lipinski definition) is 2. The number of aliphatic carboxylic acids is 1. The highest BCUT2D eigenvalue weighted by Gasteiger charge is 2.15. The van der Waals surface area contributed by atoms with Crippen LogP contribution in [0, 0.1) is 12.3 Å². The van der Waals surface area contributed by atoms with Crippen LogP contribution in [0.3, 0.4) is 0 Å². The van der Waals surface area contributed by atoms with Gasteiger partial charge in [-0.1, -0.05) is 17.5 Å². The Morgan fingerprint density at radius 3 is 2.79 bits per heavy atom. The number of carbonyl (C=O) groups is 1. The molecule has 1 aromatic rings. The van der Waals surface area contributed by atoms with E-state index >= 15 is 0 Å². The van der Waals surface area contributed by atoms with Crippen LogP contribution in [-0.2, 0) is 11.3 Å². The molecule has 0 radical (unpaired) electrons. The maximum absolute atomic E-state index is 10.7. The first-order valence-electron chi connectivity index (χ1n) is 5.41. The third kappa shape index (κ3) is 4.36. The molecule has 1 aromatic carbocycles. The number of halogens is 1. The molecule has 0 saturated heterocycles. The van der Waals surface area contributed by atoms with Gasteiger partial charge in [-0.05, 0) is 6.07 Å². The number of phenols is 1. The van der Waals surface area contributed by atoms with Crippen molar-refractivity contribution in [2.45, 2.75) is 6.54 Å². The van der Waals surface area contributed by atoms with E-state index in [2.05, 4.69) is 5.92 Å². The van der Waals surface area contributed by atoms with E-state index in [0.717, 1.165) is 0 Å². The molecule has 0 unspecified atom stereocenters. The minimum Gasteiger partial charge on any atom is -0.504 e. The Labute approximate surface area is 116 Å². The number of nitrogens with zero attached hydrogens (tertiary/aromatic N) is 1. The fourth-order valence-corrected chi connectivity index (χ4v) is 1.86. The molecule has 0 bridgehead atoms. The number of rotatable bonds is 6. The first kappa shape index (κ1) is 15.2. The Hall–Kier alpha value is -1.90. The average Bonchev–Trinajstić information content (AvgIpc) is 2.32. The SMILES string of the molecule is C#CCN(CC(=O)O)Cc1cc(Cl)cc(OC)c1O. The predicted molar refractivity (Wildman–Crippen MR) is 71.4 cm³/mol. The summed E-state index contributed by atoms with van der Waals surface area (Å²) in [6, 6.07) is 3.02. The summed E-state index contributed by atoms with van der Waals surface area (Å²) in [5, 5.41) is 19.1. The average molecular weight is 284 g/mol. The van der Waals surface area contributed by atoms with Gasteiger partial charge in [-0.15, -0.1) is 6.42 Å². The first-order valence-corrected chi connectivity index (χ1v) is 5.78. The summed E-state index contributed by atoms with van der Waals surface area (Å²) in [4.78, 5) is 12.2. The molecule has 2 N–H and O–H groups in total. The first-order chi connectivity index (χ1) is 8.97. The van der Waals surface area contributed by atoms with Gasteiger partial charge in [0.25, 0.3) is 0 Å². The van der Waals surface area contributed by atoms with Gasteiger partial charge in [0.1, 0.15) is 0 Å². The normalized spacial score (nSPS) is 10.2. The smallest absolute Gasteiger partial charge is 0.317 e. The van der Waals surface area contributed by atoms with E-state index in [0.29, 0.717) is 10.6 Å². The van der Waals surface area contributed by atoms with Crippen molar-refractivity contribution < 1.29 is 19.7 Å². The molecule has 0 aliphatic rings. The lowest BCUT2D eigenvalue weighted by Crippen LogP contribution is -2.29. The summed E-state index contributed by atoms with van der Waals surface area (Å²) >= 11 is 5.90. The van der Waals surface area contributed by atoms with Crippen LogP contribution in [0.2, 0.25) is 5.02 Å². The van der Waals surface area contributed by atoms with E-state index in [4.69, 9.17) is 27.9 Å². The van der Waals surface area contributed by atoms with Gasteiger partial charge in [0.15, 0.2) is 11.5 Å². The molecular weight excluding hydrogens is 270 g/mol. The summed E-state index contributed by atoms with van der Waals surface area (Å²) in [7, 11) is 1.41. The topological polar surface area (TPSA) is 70.0 Å². The zero-order valence-electron chi connectivity index (χ0n) is 10.4. The van der Waals surface area contributed by atoms with Gasteiger partial charge in [-0.25, -0.2) is 0 Å². The van der Waals surface area contributed by atoms with Crippen LogP contribution in [-0.4, -0.2) is 41.3 Å². The molecule has 0 spiro atoms. The highest BCUT2D eigenvalue weighted by molar-refractivity contribution is 6.30. The predicted octanol–water partition coefficient (Wildman–Crippen LogP) is 1.57. The van der Waals surface area contributed by atoms with Crippen molar-refractivity contribution in [3.05, 3.63) is 22.7 Å². The molecule has 0 aliphatic carbocycles. The molecule has 0 aromatic heterocycles. The quantitative estimate of drug-likeness (QED) is 0.776. The summed E-state index contributed by atoms with van der Waals surface area (Å²) in [5.41, 5.74) is 0.459. The second-order valence-corrected chi connectivity index (χ2v) is 4.30. The van der Waals surface area contributed by atoms with Crippen LogP contribution < -0.4 is 4.74 Å². The Kier molecular flexibility index (Phi) is 5.49. The van der Waals surface area contributed by atoms with Crippen LogP contribution in [0.25, 0.3) is 0 Å². The van der Waals surface area contributed by atoms with Crippen LogP contribution >= 0.6 is 11.6 Å². The maximum Gasteiger partial charge on any atom is 0.317 e. The molecule has 5 nitrogen and oxygen atoms in total. The summed E-state index contributed by atoms with van der Waals surface area (Å²) < 4.78 is 4.98. The van der Waals surface area contributed by atoms with Gasteiger partial charge in [-0.3, -0.25) is 9.69 Å². The van der Waals surface area contributed by atoms with E-state index in [1.807, 2.05) is 0 Å². The van der Waals surface area contributed by atoms with Crippen molar-refractivity contribution in [2.75, 3.05) is 20.2 Å². The molecule has 0 aliphatic heterocycles. The van der Waals surface area contributed by atoms with Crippen molar-refractivity contribution in [1.82, 2.24) is 4.90 Å². The Morgan fingerprint density at radius 1 is 1.58 bits per heavy atom. The molecule has 0 saturated carbocycles. The molecule has 0 fully saturated rings. The second-order valence-electron chi connectivity index (χ2n) is 3.86. The minimum absolute atomic E-state index is 0.0701. The van der Waals surface area contributed by atoms with E-state index in [9.17, 15) is 9.90 Å². The van der Waals surface area contributed by atoms with Crippen molar-refractivity contribution in [3.63, 3.8) is 0 Å². The monoisotopic (exact) mass is 283 g/mol. The van der Waals surface area contributed by atoms with Gasteiger partial charge in [0, 0.05) is 23.2 Å². The summed E-state index contributed by atoms with van der Waals surface area (Å²) in [6.45, 7) is 0.0955. The number of aromatic hydroxyl groups is 1. The van der Waals surface area contributed by atoms with Gasteiger partial charge in [0.2, 0.25) is 0 Å². The van der Waals surface area contributed by atoms with Gasteiger partial charge < -0.3 is 14.9 Å². The summed E-state index contributed by atoms with van der Waals surface area (Å²) in [5.74, 6) is 1.54. The zero-order valence-corrected chi connectivity index (χ0v) is 11.1. The highest BCUT2D eigenvalue weighted by atomic mass is 35.5. The lowest BCUT2D eigenvalue weighted by atomic mass is 10.1. The van der Waals surface area contributed by atoms with E-state index in [1.165, 1.54) is 18.1 Å².